The van der Waals surface area contributed by atoms with Gasteiger partial charge in [-0.05, 0) is 26.0 Å². The number of hydrogen-bond donors (Lipinski definition) is 0. The molecule has 0 aliphatic carbocycles. The number of ether oxygens (including phenoxy) is 1. The molecule has 8 nitrogen and oxygen atoms in total. The largest absolute Gasteiger partial charge is 0.497 e. The van der Waals surface area contributed by atoms with Gasteiger partial charge in [-0.25, -0.2) is 0 Å². The lowest BCUT2D eigenvalue weighted by atomic mass is 10.1. The molecule has 0 saturated carbocycles. The number of nitrogens with zero attached hydrogens (tertiary/aromatic N) is 3. The molecule has 8 heteroatoms. The highest BCUT2D eigenvalue weighted by Gasteiger charge is 2.26. The zero-order valence-electron chi connectivity index (χ0n) is 17.4. The molecular formula is C22H25N3O5. The number of carbonyl (C=O) groups excluding carboxylic acids is 2. The van der Waals surface area contributed by atoms with Crippen molar-refractivity contribution in [2.45, 2.75) is 26.7 Å². The van der Waals surface area contributed by atoms with Gasteiger partial charge in [0.2, 0.25) is 11.8 Å². The molecule has 1 aromatic carbocycles. The smallest absolute Gasteiger partial charge is 0.227 e. The Morgan fingerprint density at radius 3 is 2.33 bits per heavy atom. The van der Waals surface area contributed by atoms with Crippen LogP contribution in [0.3, 0.4) is 0 Å². The van der Waals surface area contributed by atoms with E-state index < -0.39 is 0 Å². The molecule has 0 bridgehead atoms. The number of amides is 2. The fourth-order valence-corrected chi connectivity index (χ4v) is 3.82. The van der Waals surface area contributed by atoms with Crippen LogP contribution in [0.15, 0.2) is 33.4 Å². The molecule has 1 saturated heterocycles. The minimum Gasteiger partial charge on any atom is -0.497 e. The molecule has 2 aromatic heterocycles. The van der Waals surface area contributed by atoms with E-state index in [-0.39, 0.29) is 24.7 Å². The molecule has 1 aliphatic heterocycles. The van der Waals surface area contributed by atoms with Crippen molar-refractivity contribution >= 4 is 22.8 Å². The Morgan fingerprint density at radius 2 is 1.73 bits per heavy atom. The summed E-state index contributed by atoms with van der Waals surface area (Å²) in [5, 5.41) is 4.82. The van der Waals surface area contributed by atoms with Crippen LogP contribution in [-0.2, 0) is 22.4 Å². The van der Waals surface area contributed by atoms with E-state index in [4.69, 9.17) is 13.7 Å². The Hall–Kier alpha value is -3.29. The van der Waals surface area contributed by atoms with Gasteiger partial charge in [0.05, 0.1) is 31.9 Å². The first-order valence-electron chi connectivity index (χ1n) is 9.97. The summed E-state index contributed by atoms with van der Waals surface area (Å²) in [6.07, 6.45) is 2.18. The quantitative estimate of drug-likeness (QED) is 0.641. The Bertz CT molecular complexity index is 1060. The Labute approximate surface area is 174 Å². The SMILES string of the molecule is COc1ccc2c(CC(=O)N3CCN(C(=O)Cc4c(C)noc4C)CC3)coc2c1. The van der Waals surface area contributed by atoms with Gasteiger partial charge in [0, 0.05) is 48.8 Å². The standard InChI is InChI=1S/C22H25N3O5/c1-14-19(15(2)30-23-14)12-22(27)25-8-6-24(7-9-25)21(26)10-16-13-29-20-11-17(28-3)4-5-18(16)20/h4-5,11,13H,6-10,12H2,1-3H3. The molecule has 0 spiro atoms. The van der Waals surface area contributed by atoms with Gasteiger partial charge >= 0.3 is 0 Å². The van der Waals surface area contributed by atoms with Gasteiger partial charge in [-0.15, -0.1) is 0 Å². The summed E-state index contributed by atoms with van der Waals surface area (Å²) in [5.74, 6) is 1.46. The van der Waals surface area contributed by atoms with Gasteiger partial charge in [-0.2, -0.15) is 0 Å². The van der Waals surface area contributed by atoms with Crippen LogP contribution in [0.2, 0.25) is 0 Å². The van der Waals surface area contributed by atoms with E-state index in [2.05, 4.69) is 5.16 Å². The molecule has 0 atom stereocenters. The Morgan fingerprint density at radius 1 is 1.07 bits per heavy atom. The predicted octanol–water partition coefficient (Wildman–Crippen LogP) is 2.50. The highest BCUT2D eigenvalue weighted by atomic mass is 16.5. The lowest BCUT2D eigenvalue weighted by Gasteiger charge is -2.35. The van der Waals surface area contributed by atoms with E-state index in [1.165, 1.54) is 0 Å². The summed E-state index contributed by atoms with van der Waals surface area (Å²) in [6.45, 7) is 5.75. The number of aromatic nitrogens is 1. The van der Waals surface area contributed by atoms with Crippen molar-refractivity contribution in [3.05, 3.63) is 47.0 Å². The number of fused-ring (bicyclic) bond motifs is 1. The number of rotatable bonds is 5. The summed E-state index contributed by atoms with van der Waals surface area (Å²) >= 11 is 0. The van der Waals surface area contributed by atoms with Crippen molar-refractivity contribution in [1.29, 1.82) is 0 Å². The first kappa shape index (κ1) is 20.0. The zero-order valence-corrected chi connectivity index (χ0v) is 17.4. The Balaban J connectivity index is 1.34. The first-order chi connectivity index (χ1) is 14.5. The summed E-state index contributed by atoms with van der Waals surface area (Å²) in [5.41, 5.74) is 3.16. The third-order valence-corrected chi connectivity index (χ3v) is 5.70. The van der Waals surface area contributed by atoms with Crippen molar-refractivity contribution < 1.29 is 23.3 Å². The molecule has 2 amide bonds. The van der Waals surface area contributed by atoms with Crippen molar-refractivity contribution in [1.82, 2.24) is 15.0 Å². The van der Waals surface area contributed by atoms with E-state index in [1.54, 1.807) is 18.3 Å². The van der Waals surface area contributed by atoms with E-state index >= 15 is 0 Å². The predicted molar refractivity (Wildman–Crippen MR) is 109 cm³/mol. The molecule has 1 aliphatic rings. The highest BCUT2D eigenvalue weighted by Crippen LogP contribution is 2.26. The number of carbonyl (C=O) groups is 2. The number of benzene rings is 1. The minimum absolute atomic E-state index is 0.0336. The van der Waals surface area contributed by atoms with Crippen LogP contribution < -0.4 is 4.74 Å². The van der Waals surface area contributed by atoms with Crippen molar-refractivity contribution in [2.24, 2.45) is 0 Å². The lowest BCUT2D eigenvalue weighted by Crippen LogP contribution is -2.51. The number of piperazine rings is 1. The number of aryl methyl sites for hydroxylation is 2. The highest BCUT2D eigenvalue weighted by molar-refractivity contribution is 5.88. The van der Waals surface area contributed by atoms with Gasteiger partial charge in [0.25, 0.3) is 0 Å². The van der Waals surface area contributed by atoms with Crippen LogP contribution in [0.5, 0.6) is 5.75 Å². The average molecular weight is 411 g/mol. The molecule has 3 aromatic rings. The van der Waals surface area contributed by atoms with Crippen LogP contribution in [0.1, 0.15) is 22.6 Å². The van der Waals surface area contributed by atoms with Crippen LogP contribution in [-0.4, -0.2) is 60.1 Å². The molecule has 0 N–H and O–H groups in total. The molecule has 0 unspecified atom stereocenters. The lowest BCUT2D eigenvalue weighted by molar-refractivity contribution is -0.138. The van der Waals surface area contributed by atoms with Crippen molar-refractivity contribution in [3.63, 3.8) is 0 Å². The summed E-state index contributed by atoms with van der Waals surface area (Å²) < 4.78 is 15.9. The molecule has 1 fully saturated rings. The van der Waals surface area contributed by atoms with E-state index in [0.717, 1.165) is 22.2 Å². The Kier molecular flexibility index (Phi) is 5.48. The number of methoxy groups -OCH3 is 1. The van der Waals surface area contributed by atoms with Gasteiger partial charge < -0.3 is 23.5 Å². The van der Waals surface area contributed by atoms with E-state index in [0.29, 0.717) is 43.3 Å². The second-order valence-corrected chi connectivity index (χ2v) is 7.54. The third kappa shape index (κ3) is 3.90. The minimum atomic E-state index is 0.0336. The van der Waals surface area contributed by atoms with Crippen LogP contribution in [0.4, 0.5) is 0 Å². The molecule has 3 heterocycles. The van der Waals surface area contributed by atoms with E-state index in [1.807, 2.05) is 36.9 Å². The normalized spacial score (nSPS) is 14.4. The topological polar surface area (TPSA) is 89.0 Å². The molecule has 30 heavy (non-hydrogen) atoms. The average Bonchev–Trinajstić information content (AvgIpc) is 3.31. The van der Waals surface area contributed by atoms with Gasteiger partial charge in [-0.1, -0.05) is 5.16 Å². The van der Waals surface area contributed by atoms with Gasteiger partial charge in [0.15, 0.2) is 0 Å². The monoisotopic (exact) mass is 411 g/mol. The summed E-state index contributed by atoms with van der Waals surface area (Å²) in [6, 6.07) is 5.58. The summed E-state index contributed by atoms with van der Waals surface area (Å²) in [4.78, 5) is 29.0. The fourth-order valence-electron chi connectivity index (χ4n) is 3.82. The van der Waals surface area contributed by atoms with Crippen LogP contribution in [0.25, 0.3) is 11.0 Å². The van der Waals surface area contributed by atoms with Crippen LogP contribution in [0, 0.1) is 13.8 Å². The fraction of sp³-hybridized carbons (Fsp3) is 0.409. The number of hydrogen-bond acceptors (Lipinski definition) is 6. The maximum atomic E-state index is 12.8. The molecule has 158 valence electrons. The van der Waals surface area contributed by atoms with Gasteiger partial charge in [-0.3, -0.25) is 9.59 Å². The van der Waals surface area contributed by atoms with E-state index in [9.17, 15) is 9.59 Å². The third-order valence-electron chi connectivity index (χ3n) is 5.70. The maximum absolute atomic E-state index is 12.8. The number of furan rings is 1. The zero-order chi connectivity index (χ0) is 21.3. The molecule has 4 rings (SSSR count). The molecule has 0 radical (unpaired) electrons. The summed E-state index contributed by atoms with van der Waals surface area (Å²) in [7, 11) is 1.60. The van der Waals surface area contributed by atoms with Crippen molar-refractivity contribution in [3.8, 4) is 5.75 Å². The van der Waals surface area contributed by atoms with Crippen LogP contribution >= 0.6 is 0 Å². The molecular weight excluding hydrogens is 386 g/mol. The maximum Gasteiger partial charge on any atom is 0.227 e. The van der Waals surface area contributed by atoms with Gasteiger partial charge in [0.1, 0.15) is 17.1 Å². The first-order valence-corrected chi connectivity index (χ1v) is 9.97. The van der Waals surface area contributed by atoms with Crippen molar-refractivity contribution in [2.75, 3.05) is 33.3 Å². The second kappa shape index (κ2) is 8.22. The second-order valence-electron chi connectivity index (χ2n) is 7.54.